The fraction of sp³-hybridized carbons (Fsp3) is 0.250. The van der Waals surface area contributed by atoms with E-state index in [1.165, 1.54) is 0 Å². The molecule has 1 N–H and O–H groups in total. The van der Waals surface area contributed by atoms with E-state index < -0.39 is 0 Å². The third-order valence-electron chi connectivity index (χ3n) is 3.90. The second-order valence-corrected chi connectivity index (χ2v) is 4.91. The van der Waals surface area contributed by atoms with Crippen LogP contribution in [-0.4, -0.2) is 33.1 Å². The molecule has 4 rings (SSSR count). The van der Waals surface area contributed by atoms with Gasteiger partial charge in [0.15, 0.2) is 23.0 Å². The van der Waals surface area contributed by atoms with Crippen LogP contribution in [0.2, 0.25) is 0 Å². The zero-order valence-electron chi connectivity index (χ0n) is 12.5. The third kappa shape index (κ3) is 1.55. The molecule has 2 heterocycles. The van der Waals surface area contributed by atoms with Gasteiger partial charge in [0, 0.05) is 11.5 Å². The molecule has 0 atom stereocenters. The van der Waals surface area contributed by atoms with E-state index in [1.807, 2.05) is 18.2 Å². The average Bonchev–Trinajstić information content (AvgIpc) is 3.15. The van der Waals surface area contributed by atoms with E-state index in [0.29, 0.717) is 23.0 Å². The monoisotopic (exact) mass is 301 g/mol. The molecule has 114 valence electrons. The fourth-order valence-corrected chi connectivity index (χ4v) is 2.96. The van der Waals surface area contributed by atoms with Crippen LogP contribution < -0.4 is 23.7 Å². The molecule has 0 radical (unpaired) electrons. The Kier molecular flexibility index (Phi) is 2.72. The first-order chi connectivity index (χ1) is 10.8. The van der Waals surface area contributed by atoms with Crippen molar-refractivity contribution in [3.05, 3.63) is 18.2 Å². The molecule has 1 aromatic heterocycles. The maximum absolute atomic E-state index is 5.58. The minimum absolute atomic E-state index is 0.230. The topological polar surface area (TPSA) is 61.9 Å². The van der Waals surface area contributed by atoms with E-state index in [1.54, 1.807) is 21.3 Å². The largest absolute Gasteiger partial charge is 0.493 e. The van der Waals surface area contributed by atoms with Crippen molar-refractivity contribution >= 4 is 21.8 Å². The van der Waals surface area contributed by atoms with Crippen LogP contribution in [0.3, 0.4) is 0 Å². The number of fused-ring (bicyclic) bond motifs is 5. The van der Waals surface area contributed by atoms with E-state index >= 15 is 0 Å². The van der Waals surface area contributed by atoms with Crippen LogP contribution >= 0.6 is 0 Å². The lowest BCUT2D eigenvalue weighted by molar-refractivity contribution is 0.174. The van der Waals surface area contributed by atoms with Gasteiger partial charge in [-0.15, -0.1) is 0 Å². The summed E-state index contributed by atoms with van der Waals surface area (Å²) >= 11 is 0. The Hall–Kier alpha value is -2.76. The molecule has 0 saturated heterocycles. The number of methoxy groups -OCH3 is 3. The van der Waals surface area contributed by atoms with Gasteiger partial charge in [-0.2, -0.15) is 0 Å². The van der Waals surface area contributed by atoms with E-state index in [-0.39, 0.29) is 6.79 Å². The molecule has 0 spiro atoms. The maximum Gasteiger partial charge on any atom is 0.231 e. The van der Waals surface area contributed by atoms with Gasteiger partial charge in [0.1, 0.15) is 0 Å². The molecule has 0 bridgehead atoms. The second kappa shape index (κ2) is 4.62. The lowest BCUT2D eigenvalue weighted by Gasteiger charge is -2.13. The van der Waals surface area contributed by atoms with E-state index in [4.69, 9.17) is 23.7 Å². The summed E-state index contributed by atoms with van der Waals surface area (Å²) in [7, 11) is 4.80. The van der Waals surface area contributed by atoms with E-state index in [2.05, 4.69) is 4.98 Å². The highest BCUT2D eigenvalue weighted by molar-refractivity contribution is 6.14. The summed E-state index contributed by atoms with van der Waals surface area (Å²) in [4.78, 5) is 3.36. The summed E-state index contributed by atoms with van der Waals surface area (Å²) in [5.41, 5.74) is 1.76. The first-order valence-electron chi connectivity index (χ1n) is 6.81. The third-order valence-corrected chi connectivity index (χ3v) is 3.90. The summed E-state index contributed by atoms with van der Waals surface area (Å²) in [6, 6.07) is 5.77. The Morgan fingerprint density at radius 2 is 1.82 bits per heavy atom. The number of nitrogens with one attached hydrogen (secondary N) is 1. The molecule has 2 aromatic carbocycles. The molecule has 6 heteroatoms. The molecule has 0 saturated carbocycles. The van der Waals surface area contributed by atoms with E-state index in [9.17, 15) is 0 Å². The number of benzene rings is 2. The van der Waals surface area contributed by atoms with Crippen LogP contribution in [-0.2, 0) is 0 Å². The minimum atomic E-state index is 0.230. The van der Waals surface area contributed by atoms with Crippen LogP contribution in [0, 0.1) is 0 Å². The van der Waals surface area contributed by atoms with Gasteiger partial charge in [-0.1, -0.05) is 0 Å². The summed E-state index contributed by atoms with van der Waals surface area (Å²) in [6.07, 6.45) is 0. The van der Waals surface area contributed by atoms with Gasteiger partial charge in [0.25, 0.3) is 0 Å². The Morgan fingerprint density at radius 1 is 1.00 bits per heavy atom. The van der Waals surface area contributed by atoms with Crippen molar-refractivity contribution in [3.8, 4) is 28.7 Å². The Labute approximate surface area is 126 Å². The zero-order valence-corrected chi connectivity index (χ0v) is 12.5. The van der Waals surface area contributed by atoms with Crippen molar-refractivity contribution in [1.29, 1.82) is 0 Å². The predicted octanol–water partition coefficient (Wildman–Crippen LogP) is 3.08. The first-order valence-corrected chi connectivity index (χ1v) is 6.81. The van der Waals surface area contributed by atoms with Crippen LogP contribution in [0.15, 0.2) is 18.2 Å². The van der Waals surface area contributed by atoms with Crippen molar-refractivity contribution in [3.63, 3.8) is 0 Å². The number of aromatic nitrogens is 1. The van der Waals surface area contributed by atoms with Crippen LogP contribution in [0.25, 0.3) is 21.8 Å². The number of rotatable bonds is 3. The maximum atomic E-state index is 5.58. The van der Waals surface area contributed by atoms with Crippen LogP contribution in [0.5, 0.6) is 28.7 Å². The molecule has 0 unspecified atom stereocenters. The SMILES string of the molecule is COc1cc2[nH]c3c4c(ccc3c2c(OC)c1OC)OCO4. The summed E-state index contributed by atoms with van der Waals surface area (Å²) in [5, 5.41) is 1.91. The summed E-state index contributed by atoms with van der Waals surface area (Å²) in [5.74, 6) is 3.25. The highest BCUT2D eigenvalue weighted by Crippen LogP contribution is 2.49. The molecule has 1 aliphatic heterocycles. The van der Waals surface area contributed by atoms with Gasteiger partial charge in [-0.05, 0) is 12.1 Å². The number of ether oxygens (including phenoxy) is 5. The molecule has 0 aliphatic carbocycles. The standard InChI is InChI=1S/C16H15NO5/c1-18-11-6-9-12(16(20-3)15(11)19-2)8-4-5-10-14(13(8)17-9)22-7-21-10/h4-6,17H,7H2,1-3H3. The molecule has 0 fully saturated rings. The van der Waals surface area contributed by atoms with Gasteiger partial charge < -0.3 is 28.7 Å². The van der Waals surface area contributed by atoms with Crippen molar-refractivity contribution in [1.82, 2.24) is 4.98 Å². The molecule has 6 nitrogen and oxygen atoms in total. The number of hydrogen-bond donors (Lipinski definition) is 1. The van der Waals surface area contributed by atoms with Crippen molar-refractivity contribution in [2.45, 2.75) is 0 Å². The Bertz CT molecular complexity index is 883. The summed E-state index contributed by atoms with van der Waals surface area (Å²) < 4.78 is 27.4. The average molecular weight is 301 g/mol. The number of H-pyrrole nitrogens is 1. The van der Waals surface area contributed by atoms with Gasteiger partial charge in [-0.25, -0.2) is 0 Å². The Balaban J connectivity index is 2.16. The highest BCUT2D eigenvalue weighted by Gasteiger charge is 2.24. The fourth-order valence-electron chi connectivity index (χ4n) is 2.96. The molecule has 3 aromatic rings. The van der Waals surface area contributed by atoms with E-state index in [0.717, 1.165) is 27.6 Å². The quantitative estimate of drug-likeness (QED) is 0.805. The Morgan fingerprint density at radius 3 is 2.55 bits per heavy atom. The normalized spacial score (nSPS) is 12.9. The smallest absolute Gasteiger partial charge is 0.231 e. The minimum Gasteiger partial charge on any atom is -0.493 e. The van der Waals surface area contributed by atoms with Gasteiger partial charge in [0.2, 0.25) is 12.5 Å². The second-order valence-electron chi connectivity index (χ2n) is 4.91. The number of aromatic amines is 1. The van der Waals surface area contributed by atoms with Crippen molar-refractivity contribution in [2.75, 3.05) is 28.1 Å². The zero-order chi connectivity index (χ0) is 15.3. The molecule has 1 aliphatic rings. The molecule has 22 heavy (non-hydrogen) atoms. The predicted molar refractivity (Wildman–Crippen MR) is 81.6 cm³/mol. The molecular formula is C16H15NO5. The summed E-state index contributed by atoms with van der Waals surface area (Å²) in [6.45, 7) is 0.230. The molecule has 0 amide bonds. The van der Waals surface area contributed by atoms with Crippen molar-refractivity contribution < 1.29 is 23.7 Å². The molecular weight excluding hydrogens is 286 g/mol. The first kappa shape index (κ1) is 12.9. The van der Waals surface area contributed by atoms with Gasteiger partial charge in [0.05, 0.1) is 37.7 Å². The highest BCUT2D eigenvalue weighted by atomic mass is 16.7. The van der Waals surface area contributed by atoms with Gasteiger partial charge in [-0.3, -0.25) is 0 Å². The van der Waals surface area contributed by atoms with Crippen molar-refractivity contribution in [2.24, 2.45) is 0 Å². The van der Waals surface area contributed by atoms with Crippen LogP contribution in [0.4, 0.5) is 0 Å². The van der Waals surface area contributed by atoms with Gasteiger partial charge >= 0.3 is 0 Å². The lowest BCUT2D eigenvalue weighted by atomic mass is 10.1. The lowest BCUT2D eigenvalue weighted by Crippen LogP contribution is -1.95. The van der Waals surface area contributed by atoms with Crippen LogP contribution in [0.1, 0.15) is 0 Å². The number of hydrogen-bond acceptors (Lipinski definition) is 5.